The smallest absolute Gasteiger partial charge is 0.289 e. The zero-order valence-corrected chi connectivity index (χ0v) is 16.3. The van der Waals surface area contributed by atoms with E-state index >= 15 is 0 Å². The molecule has 1 saturated heterocycles. The van der Waals surface area contributed by atoms with E-state index in [0.29, 0.717) is 23.8 Å². The lowest BCUT2D eigenvalue weighted by molar-refractivity contribution is -0.130. The molecular formula is C19H22N6O3. The predicted octanol–water partition coefficient (Wildman–Crippen LogP) is 2.56. The summed E-state index contributed by atoms with van der Waals surface area (Å²) in [6.07, 6.45) is 4.02. The third-order valence-electron chi connectivity index (χ3n) is 4.40. The van der Waals surface area contributed by atoms with Crippen molar-refractivity contribution in [2.75, 3.05) is 19.1 Å². The van der Waals surface area contributed by atoms with Gasteiger partial charge in [0.15, 0.2) is 0 Å². The van der Waals surface area contributed by atoms with Crippen LogP contribution in [0.3, 0.4) is 0 Å². The van der Waals surface area contributed by atoms with Crippen molar-refractivity contribution < 1.29 is 14.4 Å². The van der Waals surface area contributed by atoms with Crippen LogP contribution in [0.25, 0.3) is 0 Å². The molecule has 0 bridgehead atoms. The molecule has 3 aliphatic heterocycles. The van der Waals surface area contributed by atoms with E-state index in [0.717, 1.165) is 12.0 Å². The summed E-state index contributed by atoms with van der Waals surface area (Å²) in [7, 11) is 3.64. The topological polar surface area (TPSA) is 98.0 Å². The van der Waals surface area contributed by atoms with Crippen molar-refractivity contribution in [2.24, 2.45) is 21.1 Å². The van der Waals surface area contributed by atoms with Crippen molar-refractivity contribution >= 4 is 35.1 Å². The lowest BCUT2D eigenvalue weighted by Gasteiger charge is -2.35. The number of hydrogen-bond donors (Lipinski definition) is 0. The number of amides is 3. The van der Waals surface area contributed by atoms with Crippen molar-refractivity contribution in [3.8, 4) is 0 Å². The third kappa shape index (κ3) is 3.42. The summed E-state index contributed by atoms with van der Waals surface area (Å²) in [5.74, 6) is -0.746. The van der Waals surface area contributed by atoms with E-state index < -0.39 is 5.92 Å². The Labute approximate surface area is 163 Å². The van der Waals surface area contributed by atoms with E-state index in [-0.39, 0.29) is 17.7 Å². The van der Waals surface area contributed by atoms with Crippen LogP contribution in [-0.4, -0.2) is 47.7 Å². The van der Waals surface area contributed by atoms with Crippen LogP contribution in [0.2, 0.25) is 0 Å². The first-order valence-electron chi connectivity index (χ1n) is 9.01. The zero-order chi connectivity index (χ0) is 20.4. The molecule has 1 fully saturated rings. The van der Waals surface area contributed by atoms with Crippen molar-refractivity contribution in [3.05, 3.63) is 36.0 Å². The van der Waals surface area contributed by atoms with Crippen LogP contribution in [0.1, 0.15) is 25.3 Å². The highest BCUT2D eigenvalue weighted by molar-refractivity contribution is 6.22. The maximum absolute atomic E-state index is 12.8. The highest BCUT2D eigenvalue weighted by Gasteiger charge is 2.50. The molecule has 0 spiro atoms. The van der Waals surface area contributed by atoms with E-state index in [1.54, 1.807) is 4.90 Å². The molecule has 1 aromatic carbocycles. The number of guanidine groups is 1. The standard InChI is InChI=1S/C16H20N4O2.C3H2N2O/c1-5-6-11-14(21)19-13-9-10(2)7-8-12(13)17-16(18(3)4)20(19)15(11)22;6-3-1-2-4-5-3/h7-9,11H,5-6H2,1-4H3;1-2H. The Morgan fingerprint density at radius 1 is 1.11 bits per heavy atom. The zero-order valence-electron chi connectivity index (χ0n) is 16.3. The molecule has 0 radical (unpaired) electrons. The Morgan fingerprint density at radius 3 is 2.36 bits per heavy atom. The molecule has 0 aliphatic carbocycles. The fourth-order valence-electron chi connectivity index (χ4n) is 3.11. The van der Waals surface area contributed by atoms with Gasteiger partial charge in [-0.15, -0.1) is 5.11 Å². The molecule has 146 valence electrons. The van der Waals surface area contributed by atoms with Gasteiger partial charge in [-0.25, -0.2) is 10.0 Å². The van der Waals surface area contributed by atoms with Crippen LogP contribution in [-0.2, 0) is 14.4 Å². The monoisotopic (exact) mass is 382 g/mol. The van der Waals surface area contributed by atoms with Crippen molar-refractivity contribution in [1.29, 1.82) is 0 Å². The molecule has 9 nitrogen and oxygen atoms in total. The number of benzene rings is 1. The Bertz CT molecular complexity index is 904. The minimum absolute atomic E-state index is 0.159. The molecule has 1 aromatic rings. The average Bonchev–Trinajstić information content (AvgIpc) is 3.23. The number of aliphatic imine (C=N–C) groups is 1. The second kappa shape index (κ2) is 7.71. The summed E-state index contributed by atoms with van der Waals surface area (Å²) in [5.41, 5.74) is 2.42. The van der Waals surface area contributed by atoms with Crippen LogP contribution >= 0.6 is 0 Å². The summed E-state index contributed by atoms with van der Waals surface area (Å²) in [5, 5.41) is 9.28. The predicted molar refractivity (Wildman–Crippen MR) is 104 cm³/mol. The lowest BCUT2D eigenvalue weighted by atomic mass is 10.0. The number of anilines is 1. The van der Waals surface area contributed by atoms with Gasteiger partial charge in [0.25, 0.3) is 17.7 Å². The number of carbonyl (C=O) groups is 3. The van der Waals surface area contributed by atoms with Crippen molar-refractivity contribution in [2.45, 2.75) is 26.7 Å². The highest BCUT2D eigenvalue weighted by Crippen LogP contribution is 2.40. The lowest BCUT2D eigenvalue weighted by Crippen LogP contribution is -2.52. The van der Waals surface area contributed by atoms with Crippen LogP contribution in [0.4, 0.5) is 11.4 Å². The highest BCUT2D eigenvalue weighted by atomic mass is 16.2. The van der Waals surface area contributed by atoms with Gasteiger partial charge in [0, 0.05) is 20.2 Å². The number of hydrogen-bond acceptors (Lipinski definition) is 6. The van der Waals surface area contributed by atoms with Crippen molar-refractivity contribution in [1.82, 2.24) is 9.91 Å². The maximum Gasteiger partial charge on any atom is 0.289 e. The van der Waals surface area contributed by atoms with E-state index in [1.165, 1.54) is 22.3 Å². The average molecular weight is 382 g/mol. The Kier molecular flexibility index (Phi) is 5.34. The molecule has 1 unspecified atom stereocenters. The molecule has 0 aromatic heterocycles. The summed E-state index contributed by atoms with van der Waals surface area (Å²) in [6.45, 7) is 3.94. The minimum atomic E-state index is -0.610. The van der Waals surface area contributed by atoms with E-state index in [2.05, 4.69) is 15.2 Å². The number of azo groups is 1. The van der Waals surface area contributed by atoms with Crippen LogP contribution in [0.15, 0.2) is 45.7 Å². The minimum Gasteiger partial charge on any atom is -0.347 e. The molecular weight excluding hydrogens is 360 g/mol. The number of carbonyl (C=O) groups excluding carboxylic acids is 3. The van der Waals surface area contributed by atoms with Gasteiger partial charge in [-0.2, -0.15) is 10.1 Å². The van der Waals surface area contributed by atoms with Gasteiger partial charge < -0.3 is 4.90 Å². The Morgan fingerprint density at radius 2 is 1.82 bits per heavy atom. The molecule has 3 amide bonds. The Hall–Kier alpha value is -3.36. The largest absolute Gasteiger partial charge is 0.347 e. The van der Waals surface area contributed by atoms with Gasteiger partial charge >= 0.3 is 0 Å². The van der Waals surface area contributed by atoms with Gasteiger partial charge in [0.2, 0.25) is 5.96 Å². The van der Waals surface area contributed by atoms with Crippen molar-refractivity contribution in [3.63, 3.8) is 0 Å². The molecule has 0 saturated carbocycles. The number of rotatable bonds is 2. The first kappa shape index (κ1) is 19.4. The van der Waals surface area contributed by atoms with Crippen LogP contribution in [0, 0.1) is 12.8 Å². The van der Waals surface area contributed by atoms with E-state index in [1.807, 2.05) is 46.1 Å². The summed E-state index contributed by atoms with van der Waals surface area (Å²) < 4.78 is 0. The van der Waals surface area contributed by atoms with E-state index in [4.69, 9.17) is 0 Å². The number of nitrogens with zero attached hydrogens (tertiary/aromatic N) is 6. The normalized spacial score (nSPS) is 19.4. The molecule has 28 heavy (non-hydrogen) atoms. The van der Waals surface area contributed by atoms with Gasteiger partial charge in [-0.3, -0.25) is 14.4 Å². The molecule has 3 heterocycles. The second-order valence-electron chi connectivity index (χ2n) is 6.81. The number of hydrazine groups is 1. The SMILES string of the molecule is CCCC1C(=O)N2C(N(C)C)=Nc3ccc(C)cc3N2C1=O.O=C1C=CN=N1. The van der Waals surface area contributed by atoms with Gasteiger partial charge in [0.1, 0.15) is 5.92 Å². The molecule has 1 atom stereocenters. The summed E-state index contributed by atoms with van der Waals surface area (Å²) in [4.78, 5) is 41.7. The maximum atomic E-state index is 12.8. The molecule has 9 heteroatoms. The molecule has 0 N–H and O–H groups in total. The van der Waals surface area contributed by atoms with Gasteiger partial charge in [-0.1, -0.05) is 19.4 Å². The first-order chi connectivity index (χ1) is 13.3. The second-order valence-corrected chi connectivity index (χ2v) is 6.81. The first-order valence-corrected chi connectivity index (χ1v) is 9.01. The number of aryl methyl sites for hydroxylation is 1. The van der Waals surface area contributed by atoms with Crippen LogP contribution < -0.4 is 5.01 Å². The van der Waals surface area contributed by atoms with Gasteiger partial charge in [0.05, 0.1) is 17.6 Å². The fraction of sp³-hybridized carbons (Fsp3) is 0.368. The number of fused-ring (bicyclic) bond motifs is 3. The van der Waals surface area contributed by atoms with Crippen LogP contribution in [0.5, 0.6) is 0 Å². The summed E-state index contributed by atoms with van der Waals surface area (Å²) >= 11 is 0. The molecule has 4 rings (SSSR count). The van der Waals surface area contributed by atoms with E-state index in [9.17, 15) is 14.4 Å². The fourth-order valence-corrected chi connectivity index (χ4v) is 3.11. The Balaban J connectivity index is 0.000000320. The van der Waals surface area contributed by atoms with Gasteiger partial charge in [-0.05, 0) is 31.0 Å². The molecule has 3 aliphatic rings. The summed E-state index contributed by atoms with van der Waals surface area (Å²) in [6, 6.07) is 5.74. The quantitative estimate of drug-likeness (QED) is 0.734. The third-order valence-corrected chi connectivity index (χ3v) is 4.40.